The number of benzene rings is 3. The number of hydrogen-bond donors (Lipinski definition) is 1. The largest absolute Gasteiger partial charge is 0.271 e. The molecule has 0 aliphatic heterocycles. The highest BCUT2D eigenvalue weighted by Gasteiger charge is 2.18. The molecule has 0 heterocycles. The Morgan fingerprint density at radius 2 is 1.45 bits per heavy atom. The molecular formula is C24H25N3O3S. The number of rotatable bonds is 7. The molecule has 0 aliphatic rings. The molecule has 0 spiro atoms. The smallest absolute Gasteiger partial charge is 0.267 e. The van der Waals surface area contributed by atoms with Crippen molar-refractivity contribution in [2.75, 3.05) is 10.6 Å². The molecule has 0 bridgehead atoms. The van der Waals surface area contributed by atoms with Crippen molar-refractivity contribution in [2.45, 2.75) is 20.4 Å². The fourth-order valence-corrected chi connectivity index (χ4v) is 3.81. The molecular weight excluding hydrogens is 410 g/mol. The summed E-state index contributed by atoms with van der Waals surface area (Å²) < 4.78 is 26.0. The second-order valence-corrected chi connectivity index (χ2v) is 9.32. The highest BCUT2D eigenvalue weighted by Crippen LogP contribution is 2.21. The number of aryl methyl sites for hydroxylation is 2. The topological polar surface area (TPSA) is 78.8 Å². The van der Waals surface area contributed by atoms with Crippen LogP contribution >= 0.6 is 0 Å². The first-order valence-electron chi connectivity index (χ1n) is 9.76. The standard InChI is InChI=1S/C24H25N3O3S/c1-18-4-8-20(9-5-18)16-25-26-24(28)22-12-14-23(15-13-22)27(31(3,29)30)17-21-10-6-19(2)7-11-21/h4-16H,17H2,1-3H3,(H,26,28)/b25-16-. The molecule has 0 aliphatic carbocycles. The molecule has 3 rings (SSSR count). The van der Waals surface area contributed by atoms with Crippen LogP contribution < -0.4 is 9.73 Å². The summed E-state index contributed by atoms with van der Waals surface area (Å²) in [5, 5.41) is 3.98. The summed E-state index contributed by atoms with van der Waals surface area (Å²) >= 11 is 0. The van der Waals surface area contributed by atoms with Gasteiger partial charge in [0.1, 0.15) is 0 Å². The highest BCUT2D eigenvalue weighted by molar-refractivity contribution is 7.92. The second kappa shape index (κ2) is 9.57. The van der Waals surface area contributed by atoms with Crippen LogP contribution in [0.1, 0.15) is 32.6 Å². The predicted octanol–water partition coefficient (Wildman–Crippen LogP) is 4.03. The van der Waals surface area contributed by atoms with E-state index < -0.39 is 10.0 Å². The molecule has 7 heteroatoms. The van der Waals surface area contributed by atoms with Gasteiger partial charge >= 0.3 is 0 Å². The second-order valence-electron chi connectivity index (χ2n) is 7.41. The monoisotopic (exact) mass is 435 g/mol. The van der Waals surface area contributed by atoms with E-state index in [0.717, 1.165) is 22.3 Å². The number of hydrogen-bond acceptors (Lipinski definition) is 4. The van der Waals surface area contributed by atoms with E-state index in [0.29, 0.717) is 11.3 Å². The molecule has 0 radical (unpaired) electrons. The van der Waals surface area contributed by atoms with Crippen molar-refractivity contribution in [1.29, 1.82) is 0 Å². The lowest BCUT2D eigenvalue weighted by atomic mass is 10.1. The third-order valence-corrected chi connectivity index (χ3v) is 5.86. The molecule has 3 aromatic rings. The third kappa shape index (κ3) is 6.26. The summed E-state index contributed by atoms with van der Waals surface area (Å²) in [6.45, 7) is 4.19. The van der Waals surface area contributed by atoms with Crippen molar-refractivity contribution < 1.29 is 13.2 Å². The minimum Gasteiger partial charge on any atom is -0.267 e. The van der Waals surface area contributed by atoms with E-state index in [9.17, 15) is 13.2 Å². The van der Waals surface area contributed by atoms with E-state index >= 15 is 0 Å². The molecule has 0 fully saturated rings. The van der Waals surface area contributed by atoms with E-state index in [2.05, 4.69) is 10.5 Å². The van der Waals surface area contributed by atoms with Crippen LogP contribution in [0.15, 0.2) is 77.9 Å². The molecule has 0 saturated heterocycles. The van der Waals surface area contributed by atoms with Gasteiger partial charge in [0.2, 0.25) is 10.0 Å². The molecule has 6 nitrogen and oxygen atoms in total. The van der Waals surface area contributed by atoms with Gasteiger partial charge in [-0.1, -0.05) is 59.7 Å². The van der Waals surface area contributed by atoms with Crippen molar-refractivity contribution in [2.24, 2.45) is 5.10 Å². The quantitative estimate of drug-likeness (QED) is 0.449. The summed E-state index contributed by atoms with van der Waals surface area (Å²) in [5.74, 6) is -0.376. The minimum atomic E-state index is -3.50. The van der Waals surface area contributed by atoms with Crippen molar-refractivity contribution >= 4 is 27.8 Å². The summed E-state index contributed by atoms with van der Waals surface area (Å²) in [7, 11) is -3.50. The average molecular weight is 436 g/mol. The van der Waals surface area contributed by atoms with Crippen molar-refractivity contribution in [3.63, 3.8) is 0 Å². The number of hydrazone groups is 1. The average Bonchev–Trinajstić information content (AvgIpc) is 2.74. The lowest BCUT2D eigenvalue weighted by Gasteiger charge is -2.22. The maximum Gasteiger partial charge on any atom is 0.271 e. The summed E-state index contributed by atoms with van der Waals surface area (Å²) in [6, 6.07) is 21.9. The Balaban J connectivity index is 1.70. The predicted molar refractivity (Wildman–Crippen MR) is 125 cm³/mol. The third-order valence-electron chi connectivity index (χ3n) is 4.72. The normalized spacial score (nSPS) is 11.5. The van der Waals surface area contributed by atoms with Crippen LogP contribution in [0.3, 0.4) is 0 Å². The van der Waals surface area contributed by atoms with Crippen LogP contribution in [0.2, 0.25) is 0 Å². The molecule has 1 amide bonds. The molecule has 0 atom stereocenters. The SMILES string of the molecule is Cc1ccc(/C=N\NC(=O)c2ccc(N(Cc3ccc(C)cc3)S(C)(=O)=O)cc2)cc1. The van der Waals surface area contributed by atoms with Gasteiger partial charge in [-0.15, -0.1) is 0 Å². The van der Waals surface area contributed by atoms with Gasteiger partial charge in [-0.3, -0.25) is 9.10 Å². The Labute approximate surface area is 183 Å². The molecule has 160 valence electrons. The minimum absolute atomic E-state index is 0.214. The highest BCUT2D eigenvalue weighted by atomic mass is 32.2. The van der Waals surface area contributed by atoms with Gasteiger partial charge in [-0.05, 0) is 49.2 Å². The number of nitrogens with one attached hydrogen (secondary N) is 1. The van der Waals surface area contributed by atoms with Crippen molar-refractivity contribution in [3.05, 3.63) is 101 Å². The number of carbonyl (C=O) groups is 1. The Bertz CT molecular complexity index is 1170. The summed E-state index contributed by atoms with van der Waals surface area (Å²) in [5.41, 5.74) is 7.36. The van der Waals surface area contributed by atoms with Crippen LogP contribution in [-0.2, 0) is 16.6 Å². The van der Waals surface area contributed by atoms with Gasteiger partial charge in [-0.2, -0.15) is 5.10 Å². The van der Waals surface area contributed by atoms with Crippen LogP contribution in [-0.4, -0.2) is 26.8 Å². The van der Waals surface area contributed by atoms with Gasteiger partial charge in [0.25, 0.3) is 5.91 Å². The molecule has 0 aromatic heterocycles. The van der Waals surface area contributed by atoms with E-state index in [4.69, 9.17) is 0 Å². The Morgan fingerprint density at radius 1 is 0.903 bits per heavy atom. The summed E-state index contributed by atoms with van der Waals surface area (Å²) in [4.78, 5) is 12.3. The van der Waals surface area contributed by atoms with Gasteiger partial charge in [-0.25, -0.2) is 13.8 Å². The number of amides is 1. The fourth-order valence-electron chi connectivity index (χ4n) is 2.92. The van der Waals surface area contributed by atoms with Crippen LogP contribution in [0, 0.1) is 13.8 Å². The van der Waals surface area contributed by atoms with Crippen LogP contribution in [0.4, 0.5) is 5.69 Å². The number of anilines is 1. The van der Waals surface area contributed by atoms with Crippen LogP contribution in [0.25, 0.3) is 0 Å². The Kier molecular flexibility index (Phi) is 6.87. The first kappa shape index (κ1) is 22.2. The number of sulfonamides is 1. The first-order valence-corrected chi connectivity index (χ1v) is 11.6. The first-order chi connectivity index (χ1) is 14.7. The molecule has 3 aromatic carbocycles. The fraction of sp³-hybridized carbons (Fsp3) is 0.167. The lowest BCUT2D eigenvalue weighted by Crippen LogP contribution is -2.29. The van der Waals surface area contributed by atoms with Gasteiger partial charge in [0.05, 0.1) is 24.7 Å². The zero-order chi connectivity index (χ0) is 22.4. The summed E-state index contributed by atoms with van der Waals surface area (Å²) in [6.07, 6.45) is 2.74. The van der Waals surface area contributed by atoms with Gasteiger partial charge < -0.3 is 0 Å². The van der Waals surface area contributed by atoms with E-state index in [1.54, 1.807) is 30.5 Å². The van der Waals surface area contributed by atoms with Gasteiger partial charge in [0.15, 0.2) is 0 Å². The van der Waals surface area contributed by atoms with E-state index in [1.807, 2.05) is 62.4 Å². The van der Waals surface area contributed by atoms with E-state index in [-0.39, 0.29) is 12.5 Å². The maximum atomic E-state index is 12.3. The zero-order valence-electron chi connectivity index (χ0n) is 17.7. The van der Waals surface area contributed by atoms with Gasteiger partial charge in [0, 0.05) is 5.56 Å². The van der Waals surface area contributed by atoms with Crippen molar-refractivity contribution in [3.8, 4) is 0 Å². The molecule has 0 saturated carbocycles. The Hall–Kier alpha value is -3.45. The molecule has 1 N–H and O–H groups in total. The zero-order valence-corrected chi connectivity index (χ0v) is 18.6. The maximum absolute atomic E-state index is 12.3. The number of nitrogens with zero attached hydrogens (tertiary/aromatic N) is 2. The Morgan fingerprint density at radius 3 is 2.00 bits per heavy atom. The molecule has 31 heavy (non-hydrogen) atoms. The molecule has 0 unspecified atom stereocenters. The van der Waals surface area contributed by atoms with E-state index in [1.165, 1.54) is 10.6 Å². The lowest BCUT2D eigenvalue weighted by molar-refractivity contribution is 0.0955. The van der Waals surface area contributed by atoms with Crippen LogP contribution in [0.5, 0.6) is 0 Å². The van der Waals surface area contributed by atoms with Crippen molar-refractivity contribution in [1.82, 2.24) is 5.43 Å². The number of carbonyl (C=O) groups excluding carboxylic acids is 1.